The van der Waals surface area contributed by atoms with Crippen molar-refractivity contribution in [1.82, 2.24) is 5.32 Å². The zero-order valence-corrected chi connectivity index (χ0v) is 9.49. The molecule has 15 heavy (non-hydrogen) atoms. The van der Waals surface area contributed by atoms with Gasteiger partial charge in [-0.1, -0.05) is 0 Å². The lowest BCUT2D eigenvalue weighted by atomic mass is 10.3. The molecule has 4 nitrogen and oxygen atoms in total. The van der Waals surface area contributed by atoms with Crippen molar-refractivity contribution < 1.29 is 4.79 Å². The molecule has 0 unspecified atom stereocenters. The first-order valence-electron chi connectivity index (χ1n) is 5.06. The van der Waals surface area contributed by atoms with Crippen molar-refractivity contribution in [3.8, 4) is 0 Å². The Bertz CT molecular complexity index is 371. The van der Waals surface area contributed by atoms with E-state index in [-0.39, 0.29) is 5.91 Å². The summed E-state index contributed by atoms with van der Waals surface area (Å²) in [7, 11) is 1.61. The standard InChI is InChI=1S/C10H15N3OS/c1-12-10(14)9-7(11)4-8(15-9)13-5-6-2-3-6/h4,6,13H,2-3,5,11H2,1H3,(H,12,14). The molecule has 1 aliphatic rings. The molecule has 1 aromatic rings. The van der Waals surface area contributed by atoms with E-state index in [1.165, 1.54) is 24.2 Å². The summed E-state index contributed by atoms with van der Waals surface area (Å²) < 4.78 is 0. The maximum absolute atomic E-state index is 11.4. The summed E-state index contributed by atoms with van der Waals surface area (Å²) in [5.41, 5.74) is 6.30. The SMILES string of the molecule is CNC(=O)c1sc(NCC2CC2)cc1N. The first-order chi connectivity index (χ1) is 7.20. The van der Waals surface area contributed by atoms with Gasteiger partial charge in [0.15, 0.2) is 0 Å². The van der Waals surface area contributed by atoms with Gasteiger partial charge in [0, 0.05) is 13.6 Å². The number of carbonyl (C=O) groups is 1. The van der Waals surface area contributed by atoms with E-state index in [0.717, 1.165) is 17.5 Å². The molecule has 1 aromatic heterocycles. The minimum Gasteiger partial charge on any atom is -0.397 e. The van der Waals surface area contributed by atoms with Crippen molar-refractivity contribution in [2.45, 2.75) is 12.8 Å². The van der Waals surface area contributed by atoms with Crippen molar-refractivity contribution >= 4 is 27.9 Å². The quantitative estimate of drug-likeness (QED) is 0.727. The minimum absolute atomic E-state index is 0.114. The molecule has 1 heterocycles. The van der Waals surface area contributed by atoms with Crippen LogP contribution in [-0.4, -0.2) is 19.5 Å². The van der Waals surface area contributed by atoms with E-state index >= 15 is 0 Å². The van der Waals surface area contributed by atoms with Crippen molar-refractivity contribution in [3.63, 3.8) is 0 Å². The van der Waals surface area contributed by atoms with E-state index in [9.17, 15) is 4.79 Å². The van der Waals surface area contributed by atoms with Crippen LogP contribution in [0.15, 0.2) is 6.07 Å². The lowest BCUT2D eigenvalue weighted by Crippen LogP contribution is -2.17. The number of amides is 1. The Morgan fingerprint density at radius 1 is 1.67 bits per heavy atom. The fourth-order valence-electron chi connectivity index (χ4n) is 1.35. The third kappa shape index (κ3) is 2.41. The fraction of sp³-hybridized carbons (Fsp3) is 0.500. The normalized spacial score (nSPS) is 15.0. The average Bonchev–Trinajstić information content (AvgIpc) is 2.98. The van der Waals surface area contributed by atoms with E-state index in [1.807, 2.05) is 6.07 Å². The molecule has 0 atom stereocenters. The molecule has 0 spiro atoms. The van der Waals surface area contributed by atoms with Gasteiger partial charge in [0.25, 0.3) is 5.91 Å². The molecule has 0 aromatic carbocycles. The van der Waals surface area contributed by atoms with E-state index in [2.05, 4.69) is 10.6 Å². The van der Waals surface area contributed by atoms with E-state index < -0.39 is 0 Å². The second-order valence-corrected chi connectivity index (χ2v) is 4.85. The number of hydrogen-bond acceptors (Lipinski definition) is 4. The molecule has 82 valence electrons. The predicted molar refractivity (Wildman–Crippen MR) is 63.3 cm³/mol. The van der Waals surface area contributed by atoms with Crippen LogP contribution in [0.4, 0.5) is 10.7 Å². The molecule has 2 rings (SSSR count). The van der Waals surface area contributed by atoms with E-state index in [4.69, 9.17) is 5.73 Å². The lowest BCUT2D eigenvalue weighted by molar-refractivity contribution is 0.0968. The van der Waals surface area contributed by atoms with Gasteiger partial charge in [0.2, 0.25) is 0 Å². The maximum atomic E-state index is 11.4. The fourth-order valence-corrected chi connectivity index (χ4v) is 2.28. The van der Waals surface area contributed by atoms with Crippen molar-refractivity contribution in [3.05, 3.63) is 10.9 Å². The van der Waals surface area contributed by atoms with Gasteiger partial charge in [-0.3, -0.25) is 4.79 Å². The third-order valence-corrected chi connectivity index (χ3v) is 3.56. The largest absolute Gasteiger partial charge is 0.397 e. The summed E-state index contributed by atoms with van der Waals surface area (Å²) in [6.07, 6.45) is 2.63. The average molecular weight is 225 g/mol. The van der Waals surface area contributed by atoms with Crippen LogP contribution in [0, 0.1) is 5.92 Å². The Balaban J connectivity index is 2.02. The predicted octanol–water partition coefficient (Wildman–Crippen LogP) is 1.51. The molecule has 1 amide bonds. The summed E-state index contributed by atoms with van der Waals surface area (Å²) >= 11 is 1.41. The molecular formula is C10H15N3OS. The third-order valence-electron chi connectivity index (χ3n) is 2.46. The van der Waals surface area contributed by atoms with Crippen molar-refractivity contribution in [2.24, 2.45) is 5.92 Å². The Morgan fingerprint density at radius 3 is 3.00 bits per heavy atom. The summed E-state index contributed by atoms with van der Waals surface area (Å²) in [5, 5.41) is 6.87. The van der Waals surface area contributed by atoms with E-state index in [0.29, 0.717) is 10.6 Å². The maximum Gasteiger partial charge on any atom is 0.263 e. The smallest absolute Gasteiger partial charge is 0.263 e. The first kappa shape index (κ1) is 10.3. The lowest BCUT2D eigenvalue weighted by Gasteiger charge is -1.99. The number of thiophene rings is 1. The molecule has 1 saturated carbocycles. The summed E-state index contributed by atoms with van der Waals surface area (Å²) in [4.78, 5) is 12.0. The highest BCUT2D eigenvalue weighted by atomic mass is 32.1. The number of nitrogen functional groups attached to an aromatic ring is 1. The monoisotopic (exact) mass is 225 g/mol. The topological polar surface area (TPSA) is 67.2 Å². The van der Waals surface area contributed by atoms with Gasteiger partial charge in [-0.25, -0.2) is 0 Å². The zero-order chi connectivity index (χ0) is 10.8. The van der Waals surface area contributed by atoms with Gasteiger partial charge < -0.3 is 16.4 Å². The first-order valence-corrected chi connectivity index (χ1v) is 5.87. The highest BCUT2D eigenvalue weighted by Gasteiger charge is 2.21. The van der Waals surface area contributed by atoms with Crippen LogP contribution in [0.25, 0.3) is 0 Å². The van der Waals surface area contributed by atoms with Crippen LogP contribution in [0.1, 0.15) is 22.5 Å². The van der Waals surface area contributed by atoms with Gasteiger partial charge in [0.1, 0.15) is 4.88 Å². The van der Waals surface area contributed by atoms with Gasteiger partial charge in [-0.2, -0.15) is 0 Å². The number of rotatable bonds is 4. The molecule has 0 radical (unpaired) electrons. The summed E-state index contributed by atoms with van der Waals surface area (Å²) in [5.74, 6) is 0.703. The molecule has 0 saturated heterocycles. The van der Waals surface area contributed by atoms with Crippen molar-refractivity contribution in [1.29, 1.82) is 0 Å². The van der Waals surface area contributed by atoms with Crippen LogP contribution >= 0.6 is 11.3 Å². The molecule has 0 bridgehead atoms. The Hall–Kier alpha value is -1.23. The van der Waals surface area contributed by atoms with Crippen LogP contribution in [-0.2, 0) is 0 Å². The number of anilines is 2. The van der Waals surface area contributed by atoms with Crippen molar-refractivity contribution in [2.75, 3.05) is 24.6 Å². The number of nitrogens with two attached hydrogens (primary N) is 1. The molecular weight excluding hydrogens is 210 g/mol. The molecule has 0 aliphatic heterocycles. The minimum atomic E-state index is -0.114. The highest BCUT2D eigenvalue weighted by molar-refractivity contribution is 7.18. The summed E-state index contributed by atoms with van der Waals surface area (Å²) in [6, 6.07) is 1.83. The van der Waals surface area contributed by atoms with Gasteiger partial charge in [-0.15, -0.1) is 11.3 Å². The summed E-state index contributed by atoms with van der Waals surface area (Å²) in [6.45, 7) is 0.993. The molecule has 5 heteroatoms. The number of carbonyl (C=O) groups excluding carboxylic acids is 1. The van der Waals surface area contributed by atoms with Gasteiger partial charge in [-0.05, 0) is 24.8 Å². The van der Waals surface area contributed by atoms with Crippen LogP contribution in [0.2, 0.25) is 0 Å². The number of nitrogens with one attached hydrogen (secondary N) is 2. The zero-order valence-electron chi connectivity index (χ0n) is 8.67. The second kappa shape index (κ2) is 4.10. The molecule has 1 aliphatic carbocycles. The Kier molecular flexibility index (Phi) is 2.81. The van der Waals surface area contributed by atoms with Crippen LogP contribution < -0.4 is 16.4 Å². The van der Waals surface area contributed by atoms with Crippen LogP contribution in [0.5, 0.6) is 0 Å². The van der Waals surface area contributed by atoms with E-state index in [1.54, 1.807) is 7.05 Å². The van der Waals surface area contributed by atoms with Gasteiger partial charge >= 0.3 is 0 Å². The Morgan fingerprint density at radius 2 is 2.40 bits per heavy atom. The highest BCUT2D eigenvalue weighted by Crippen LogP contribution is 2.32. The second-order valence-electron chi connectivity index (χ2n) is 3.80. The Labute approximate surface area is 92.9 Å². The van der Waals surface area contributed by atoms with Gasteiger partial charge in [0.05, 0.1) is 10.7 Å². The molecule has 1 fully saturated rings. The molecule has 4 N–H and O–H groups in total. The number of hydrogen-bond donors (Lipinski definition) is 3. The van der Waals surface area contributed by atoms with Crippen LogP contribution in [0.3, 0.4) is 0 Å².